The molecule has 0 amide bonds. The van der Waals surface area contributed by atoms with Crippen LogP contribution in [0.3, 0.4) is 0 Å². The van der Waals surface area contributed by atoms with E-state index in [9.17, 15) is 9.90 Å². The molecule has 0 saturated carbocycles. The number of ether oxygens (including phenoxy) is 1. The lowest BCUT2D eigenvalue weighted by molar-refractivity contribution is -0.143. The third-order valence-corrected chi connectivity index (χ3v) is 5.20. The van der Waals surface area contributed by atoms with Gasteiger partial charge in [0.15, 0.2) is 0 Å². The maximum atomic E-state index is 11.4. The number of fused-ring (bicyclic) bond motifs is 1. The molecule has 1 saturated heterocycles. The molecule has 5 heteroatoms. The molecule has 0 spiro atoms. The summed E-state index contributed by atoms with van der Waals surface area (Å²) >= 11 is 3.52. The number of carbonyl (C=O) groups is 1. The van der Waals surface area contributed by atoms with Gasteiger partial charge in [0, 0.05) is 16.6 Å². The van der Waals surface area contributed by atoms with E-state index in [-0.39, 0.29) is 6.04 Å². The molecule has 114 valence electrons. The molecular formula is C16H20BrNO3. The summed E-state index contributed by atoms with van der Waals surface area (Å²) in [6, 6.07) is 6.72. The van der Waals surface area contributed by atoms with Crippen LogP contribution in [0.4, 0.5) is 0 Å². The lowest BCUT2D eigenvalue weighted by Crippen LogP contribution is -2.44. The van der Waals surface area contributed by atoms with Crippen molar-refractivity contribution in [2.45, 2.75) is 31.8 Å². The highest BCUT2D eigenvalue weighted by molar-refractivity contribution is 9.10. The maximum absolute atomic E-state index is 11.4. The first-order chi connectivity index (χ1) is 10.1. The van der Waals surface area contributed by atoms with Gasteiger partial charge in [0.05, 0.1) is 19.1 Å². The monoisotopic (exact) mass is 353 g/mol. The molecule has 0 aromatic heterocycles. The molecule has 1 fully saturated rings. The van der Waals surface area contributed by atoms with Crippen molar-refractivity contribution >= 4 is 21.9 Å². The fourth-order valence-electron chi connectivity index (χ4n) is 3.70. The number of hydrogen-bond donors (Lipinski definition) is 1. The first-order valence-electron chi connectivity index (χ1n) is 7.46. The number of rotatable bonds is 4. The Morgan fingerprint density at radius 3 is 3.00 bits per heavy atom. The Hall–Kier alpha value is -0.910. The van der Waals surface area contributed by atoms with Gasteiger partial charge in [0.25, 0.3) is 0 Å². The molecule has 1 aromatic rings. The largest absolute Gasteiger partial charge is 0.481 e. The van der Waals surface area contributed by atoms with Crippen molar-refractivity contribution in [2.24, 2.45) is 5.92 Å². The highest BCUT2D eigenvalue weighted by Gasteiger charge is 2.41. The zero-order valence-electron chi connectivity index (χ0n) is 12.1. The van der Waals surface area contributed by atoms with E-state index in [1.807, 2.05) is 0 Å². The Labute approximate surface area is 133 Å². The highest BCUT2D eigenvalue weighted by Crippen LogP contribution is 2.39. The van der Waals surface area contributed by atoms with Crippen LogP contribution in [0.15, 0.2) is 22.7 Å². The van der Waals surface area contributed by atoms with Crippen molar-refractivity contribution in [3.8, 4) is 0 Å². The Balaban J connectivity index is 1.87. The molecule has 3 rings (SSSR count). The average molecular weight is 354 g/mol. The van der Waals surface area contributed by atoms with Gasteiger partial charge in [-0.25, -0.2) is 0 Å². The van der Waals surface area contributed by atoms with Crippen molar-refractivity contribution in [2.75, 3.05) is 19.8 Å². The van der Waals surface area contributed by atoms with E-state index in [1.165, 1.54) is 11.1 Å². The summed E-state index contributed by atoms with van der Waals surface area (Å²) in [5.41, 5.74) is 2.72. The summed E-state index contributed by atoms with van der Waals surface area (Å²) < 4.78 is 6.56. The van der Waals surface area contributed by atoms with Crippen LogP contribution in [-0.4, -0.2) is 41.8 Å². The minimum absolute atomic E-state index is 0.0212. The number of hydrogen-bond acceptors (Lipinski definition) is 3. The minimum Gasteiger partial charge on any atom is -0.481 e. The smallest absolute Gasteiger partial charge is 0.310 e. The molecule has 3 unspecified atom stereocenters. The lowest BCUT2D eigenvalue weighted by Gasteiger charge is -2.35. The van der Waals surface area contributed by atoms with Gasteiger partial charge in [0.2, 0.25) is 0 Å². The summed E-state index contributed by atoms with van der Waals surface area (Å²) in [7, 11) is 0. The van der Waals surface area contributed by atoms with E-state index < -0.39 is 11.9 Å². The maximum Gasteiger partial charge on any atom is 0.310 e. The van der Waals surface area contributed by atoms with Crippen molar-refractivity contribution in [1.29, 1.82) is 0 Å². The van der Waals surface area contributed by atoms with E-state index in [2.05, 4.69) is 46.0 Å². The second-order valence-corrected chi connectivity index (χ2v) is 6.69. The molecule has 3 atom stereocenters. The molecule has 2 aliphatic rings. The van der Waals surface area contributed by atoms with Gasteiger partial charge in [0.1, 0.15) is 0 Å². The summed E-state index contributed by atoms with van der Waals surface area (Å²) in [5, 5.41) is 9.39. The number of nitrogens with zero attached hydrogens (tertiary/aromatic N) is 1. The van der Waals surface area contributed by atoms with Gasteiger partial charge in [-0.2, -0.15) is 0 Å². The van der Waals surface area contributed by atoms with Crippen LogP contribution in [0.1, 0.15) is 30.5 Å². The standard InChI is InChI=1S/C16H20BrNO3/c1-2-18(15-9-21-8-13(15)16(19)20)14-6-3-10-7-11(17)4-5-12(10)14/h4-5,7,13-15H,2-3,6,8-9H2,1H3,(H,19,20). The van der Waals surface area contributed by atoms with Crippen LogP contribution in [0.25, 0.3) is 0 Å². The molecule has 0 radical (unpaired) electrons. The third kappa shape index (κ3) is 2.74. The molecule has 1 N–H and O–H groups in total. The van der Waals surface area contributed by atoms with Gasteiger partial charge in [-0.3, -0.25) is 9.69 Å². The van der Waals surface area contributed by atoms with Gasteiger partial charge in [-0.15, -0.1) is 0 Å². The minimum atomic E-state index is -0.745. The Bertz CT molecular complexity index is 548. The average Bonchev–Trinajstić information content (AvgIpc) is 3.07. The molecule has 1 aliphatic heterocycles. The van der Waals surface area contributed by atoms with E-state index in [0.29, 0.717) is 19.3 Å². The molecule has 4 nitrogen and oxygen atoms in total. The van der Waals surface area contributed by atoms with Crippen LogP contribution < -0.4 is 0 Å². The zero-order chi connectivity index (χ0) is 15.0. The van der Waals surface area contributed by atoms with Crippen LogP contribution in [0.5, 0.6) is 0 Å². The van der Waals surface area contributed by atoms with E-state index in [0.717, 1.165) is 23.9 Å². The molecule has 1 heterocycles. The van der Waals surface area contributed by atoms with Crippen LogP contribution in [-0.2, 0) is 16.0 Å². The fraction of sp³-hybridized carbons (Fsp3) is 0.562. The molecule has 21 heavy (non-hydrogen) atoms. The molecule has 0 bridgehead atoms. The van der Waals surface area contributed by atoms with Crippen molar-refractivity contribution in [3.63, 3.8) is 0 Å². The van der Waals surface area contributed by atoms with Crippen molar-refractivity contribution < 1.29 is 14.6 Å². The Kier molecular flexibility index (Phi) is 4.33. The number of aryl methyl sites for hydroxylation is 1. The first kappa shape index (κ1) is 15.0. The number of likely N-dealkylation sites (N-methyl/N-ethyl adjacent to an activating group) is 1. The second kappa shape index (κ2) is 6.07. The summed E-state index contributed by atoms with van der Waals surface area (Å²) in [6.45, 7) is 3.80. The van der Waals surface area contributed by atoms with Gasteiger partial charge in [-0.1, -0.05) is 28.9 Å². The van der Waals surface area contributed by atoms with E-state index in [1.54, 1.807) is 0 Å². The number of aliphatic carboxylic acids is 1. The number of carboxylic acid groups (broad SMARTS) is 1. The fourth-order valence-corrected chi connectivity index (χ4v) is 4.11. The number of carboxylic acids is 1. The third-order valence-electron chi connectivity index (χ3n) is 4.71. The van der Waals surface area contributed by atoms with Gasteiger partial charge >= 0.3 is 5.97 Å². The Morgan fingerprint density at radius 2 is 2.29 bits per heavy atom. The Morgan fingerprint density at radius 1 is 1.48 bits per heavy atom. The predicted molar refractivity (Wildman–Crippen MR) is 83.3 cm³/mol. The molecule has 1 aromatic carbocycles. The lowest BCUT2D eigenvalue weighted by atomic mass is 9.98. The normalized spacial score (nSPS) is 28.0. The molecular weight excluding hydrogens is 334 g/mol. The zero-order valence-corrected chi connectivity index (χ0v) is 13.7. The van der Waals surface area contributed by atoms with E-state index in [4.69, 9.17) is 4.74 Å². The first-order valence-corrected chi connectivity index (χ1v) is 8.25. The summed E-state index contributed by atoms with van der Waals surface area (Å²) in [6.07, 6.45) is 2.11. The quantitative estimate of drug-likeness (QED) is 0.904. The van der Waals surface area contributed by atoms with Crippen LogP contribution in [0, 0.1) is 5.92 Å². The highest BCUT2D eigenvalue weighted by atomic mass is 79.9. The topological polar surface area (TPSA) is 49.8 Å². The van der Waals surface area contributed by atoms with Crippen molar-refractivity contribution in [3.05, 3.63) is 33.8 Å². The number of halogens is 1. The SMILES string of the molecule is CCN(C1CCc2cc(Br)ccc21)C1COCC1C(=O)O. The van der Waals surface area contributed by atoms with E-state index >= 15 is 0 Å². The summed E-state index contributed by atoms with van der Waals surface area (Å²) in [4.78, 5) is 13.7. The summed E-state index contributed by atoms with van der Waals surface area (Å²) in [5.74, 6) is -1.16. The van der Waals surface area contributed by atoms with Crippen LogP contribution in [0.2, 0.25) is 0 Å². The number of benzene rings is 1. The second-order valence-electron chi connectivity index (χ2n) is 5.78. The van der Waals surface area contributed by atoms with Crippen molar-refractivity contribution in [1.82, 2.24) is 4.90 Å². The molecule has 1 aliphatic carbocycles. The van der Waals surface area contributed by atoms with Gasteiger partial charge in [-0.05, 0) is 42.6 Å². The van der Waals surface area contributed by atoms with Crippen LogP contribution >= 0.6 is 15.9 Å². The van der Waals surface area contributed by atoms with Gasteiger partial charge < -0.3 is 9.84 Å². The predicted octanol–water partition coefficient (Wildman–Crippen LogP) is 2.86.